The number of alkyl halides is 3. The van der Waals surface area contributed by atoms with Crippen LogP contribution in [-0.4, -0.2) is 28.4 Å². The van der Waals surface area contributed by atoms with Crippen molar-refractivity contribution in [3.05, 3.63) is 18.1 Å². The standard InChI is InChI=1S/C13H17F3N2O2/c1-20-12-10(17-5-6-18-12)11(19)8-3-2-4-9(7-8)13(14,15)16/h5-6,8-9,11,19H,2-4,7H2,1H3. The van der Waals surface area contributed by atoms with E-state index in [0.29, 0.717) is 12.8 Å². The van der Waals surface area contributed by atoms with Gasteiger partial charge in [-0.1, -0.05) is 6.42 Å². The Morgan fingerprint density at radius 1 is 1.30 bits per heavy atom. The molecule has 1 aromatic rings. The number of ether oxygens (including phenoxy) is 1. The number of hydrogen-bond acceptors (Lipinski definition) is 4. The van der Waals surface area contributed by atoms with Crippen LogP contribution in [0.15, 0.2) is 12.4 Å². The molecule has 3 unspecified atom stereocenters. The molecule has 0 aromatic carbocycles. The fourth-order valence-electron chi connectivity index (χ4n) is 2.73. The minimum atomic E-state index is -4.20. The van der Waals surface area contributed by atoms with E-state index >= 15 is 0 Å². The normalized spacial score (nSPS) is 25.2. The van der Waals surface area contributed by atoms with Crippen LogP contribution in [0.5, 0.6) is 5.88 Å². The van der Waals surface area contributed by atoms with Crippen LogP contribution in [0.4, 0.5) is 13.2 Å². The molecule has 1 aliphatic rings. The number of nitrogens with zero attached hydrogens (tertiary/aromatic N) is 2. The lowest BCUT2D eigenvalue weighted by molar-refractivity contribution is -0.189. The lowest BCUT2D eigenvalue weighted by atomic mass is 9.77. The summed E-state index contributed by atoms with van der Waals surface area (Å²) >= 11 is 0. The molecule has 1 aliphatic carbocycles. The SMILES string of the molecule is COc1nccnc1C(O)C1CCCC(C(F)(F)F)C1. The third kappa shape index (κ3) is 3.20. The zero-order chi connectivity index (χ0) is 14.8. The van der Waals surface area contributed by atoms with Gasteiger partial charge in [-0.15, -0.1) is 0 Å². The maximum Gasteiger partial charge on any atom is 0.391 e. The van der Waals surface area contributed by atoms with Gasteiger partial charge in [-0.2, -0.15) is 13.2 Å². The van der Waals surface area contributed by atoms with E-state index in [0.717, 1.165) is 0 Å². The second-order valence-corrected chi connectivity index (χ2v) is 5.06. The van der Waals surface area contributed by atoms with Gasteiger partial charge in [0.2, 0.25) is 5.88 Å². The molecule has 0 aliphatic heterocycles. The predicted molar refractivity (Wildman–Crippen MR) is 65.0 cm³/mol. The Morgan fingerprint density at radius 3 is 2.65 bits per heavy atom. The number of aliphatic hydroxyl groups is 1. The summed E-state index contributed by atoms with van der Waals surface area (Å²) < 4.78 is 43.4. The van der Waals surface area contributed by atoms with E-state index in [9.17, 15) is 18.3 Å². The van der Waals surface area contributed by atoms with Gasteiger partial charge in [-0.3, -0.25) is 4.98 Å². The summed E-state index contributed by atoms with van der Waals surface area (Å²) in [6.07, 6.45) is -1.43. The molecule has 0 radical (unpaired) electrons. The predicted octanol–water partition coefficient (Wildman–Crippen LogP) is 2.89. The quantitative estimate of drug-likeness (QED) is 0.930. The van der Waals surface area contributed by atoms with Crippen molar-refractivity contribution in [1.29, 1.82) is 0 Å². The number of aliphatic hydroxyl groups excluding tert-OH is 1. The van der Waals surface area contributed by atoms with Gasteiger partial charge in [0.1, 0.15) is 11.8 Å². The summed E-state index contributed by atoms with van der Waals surface area (Å²) in [5.74, 6) is -1.66. The summed E-state index contributed by atoms with van der Waals surface area (Å²) in [5.41, 5.74) is 0.211. The Morgan fingerprint density at radius 2 is 2.00 bits per heavy atom. The summed E-state index contributed by atoms with van der Waals surface area (Å²) in [5, 5.41) is 10.3. The molecule has 112 valence electrons. The number of methoxy groups -OCH3 is 1. The van der Waals surface area contributed by atoms with E-state index in [-0.39, 0.29) is 24.4 Å². The molecule has 0 amide bonds. The molecular weight excluding hydrogens is 273 g/mol. The number of rotatable bonds is 3. The van der Waals surface area contributed by atoms with Crippen molar-refractivity contribution in [3.8, 4) is 5.88 Å². The highest BCUT2D eigenvalue weighted by Gasteiger charge is 2.44. The van der Waals surface area contributed by atoms with Crippen LogP contribution >= 0.6 is 0 Å². The maximum absolute atomic E-state index is 12.8. The van der Waals surface area contributed by atoms with E-state index in [2.05, 4.69) is 9.97 Å². The molecule has 0 spiro atoms. The van der Waals surface area contributed by atoms with Crippen molar-refractivity contribution in [2.45, 2.75) is 38.0 Å². The third-order valence-electron chi connectivity index (χ3n) is 3.79. The second kappa shape index (κ2) is 5.95. The molecule has 1 aromatic heterocycles. The summed E-state index contributed by atoms with van der Waals surface area (Å²) in [4.78, 5) is 7.91. The highest BCUT2D eigenvalue weighted by atomic mass is 19.4. The van der Waals surface area contributed by atoms with Crippen LogP contribution in [0.25, 0.3) is 0 Å². The van der Waals surface area contributed by atoms with E-state index < -0.39 is 24.1 Å². The first-order valence-corrected chi connectivity index (χ1v) is 6.53. The van der Waals surface area contributed by atoms with Crippen molar-refractivity contribution < 1.29 is 23.0 Å². The van der Waals surface area contributed by atoms with Gasteiger partial charge in [0, 0.05) is 12.4 Å². The molecule has 1 fully saturated rings. The van der Waals surface area contributed by atoms with E-state index in [1.54, 1.807) is 0 Å². The van der Waals surface area contributed by atoms with Crippen LogP contribution in [-0.2, 0) is 0 Å². The fraction of sp³-hybridized carbons (Fsp3) is 0.692. The van der Waals surface area contributed by atoms with Gasteiger partial charge in [0.05, 0.1) is 13.0 Å². The molecule has 3 atom stereocenters. The van der Waals surface area contributed by atoms with Crippen LogP contribution in [0, 0.1) is 11.8 Å². The van der Waals surface area contributed by atoms with Crippen LogP contribution in [0.2, 0.25) is 0 Å². The van der Waals surface area contributed by atoms with Crippen LogP contribution in [0.3, 0.4) is 0 Å². The minimum absolute atomic E-state index is 0.0790. The van der Waals surface area contributed by atoms with Gasteiger partial charge in [0.25, 0.3) is 0 Å². The maximum atomic E-state index is 12.8. The molecule has 20 heavy (non-hydrogen) atoms. The Balaban J connectivity index is 2.14. The van der Waals surface area contributed by atoms with Crippen LogP contribution < -0.4 is 4.74 Å². The van der Waals surface area contributed by atoms with Gasteiger partial charge >= 0.3 is 6.18 Å². The van der Waals surface area contributed by atoms with Crippen molar-refractivity contribution in [1.82, 2.24) is 9.97 Å². The number of aromatic nitrogens is 2. The second-order valence-electron chi connectivity index (χ2n) is 5.06. The average molecular weight is 290 g/mol. The van der Waals surface area contributed by atoms with Crippen molar-refractivity contribution in [2.24, 2.45) is 11.8 Å². The third-order valence-corrected chi connectivity index (χ3v) is 3.79. The highest BCUT2D eigenvalue weighted by molar-refractivity contribution is 5.20. The molecule has 0 bridgehead atoms. The van der Waals surface area contributed by atoms with E-state index in [4.69, 9.17) is 4.74 Å². The largest absolute Gasteiger partial charge is 0.480 e. The Hall–Kier alpha value is -1.37. The fourth-order valence-corrected chi connectivity index (χ4v) is 2.73. The molecule has 1 heterocycles. The van der Waals surface area contributed by atoms with Crippen LogP contribution in [0.1, 0.15) is 37.5 Å². The van der Waals surface area contributed by atoms with E-state index in [1.807, 2.05) is 0 Å². The lowest BCUT2D eigenvalue weighted by Gasteiger charge is -2.33. The van der Waals surface area contributed by atoms with Crippen molar-refractivity contribution in [2.75, 3.05) is 7.11 Å². The molecule has 1 saturated carbocycles. The molecule has 1 N–H and O–H groups in total. The van der Waals surface area contributed by atoms with Gasteiger partial charge in [-0.25, -0.2) is 4.98 Å². The summed E-state index contributed by atoms with van der Waals surface area (Å²) in [6, 6.07) is 0. The number of halogens is 3. The van der Waals surface area contributed by atoms with Crippen molar-refractivity contribution >= 4 is 0 Å². The van der Waals surface area contributed by atoms with Gasteiger partial charge < -0.3 is 9.84 Å². The summed E-state index contributed by atoms with van der Waals surface area (Å²) in [7, 11) is 1.39. The smallest absolute Gasteiger partial charge is 0.391 e. The Labute approximate surface area is 115 Å². The molecule has 7 heteroatoms. The van der Waals surface area contributed by atoms with Crippen molar-refractivity contribution in [3.63, 3.8) is 0 Å². The first-order chi connectivity index (χ1) is 9.43. The lowest BCUT2D eigenvalue weighted by Crippen LogP contribution is -2.31. The first-order valence-electron chi connectivity index (χ1n) is 6.53. The topological polar surface area (TPSA) is 55.2 Å². The molecular formula is C13H17F3N2O2. The Kier molecular flexibility index (Phi) is 4.47. The number of hydrogen-bond donors (Lipinski definition) is 1. The Bertz CT molecular complexity index is 453. The average Bonchev–Trinajstić information content (AvgIpc) is 2.45. The minimum Gasteiger partial charge on any atom is -0.480 e. The molecule has 0 saturated heterocycles. The monoisotopic (exact) mass is 290 g/mol. The molecule has 4 nitrogen and oxygen atoms in total. The summed E-state index contributed by atoms with van der Waals surface area (Å²) in [6.45, 7) is 0. The first kappa shape index (κ1) is 15.0. The molecule has 2 rings (SSSR count). The highest BCUT2D eigenvalue weighted by Crippen LogP contribution is 2.44. The zero-order valence-electron chi connectivity index (χ0n) is 11.1. The van der Waals surface area contributed by atoms with E-state index in [1.165, 1.54) is 19.5 Å². The van der Waals surface area contributed by atoms with Gasteiger partial charge in [0.15, 0.2) is 0 Å². The zero-order valence-corrected chi connectivity index (χ0v) is 11.1. The van der Waals surface area contributed by atoms with Gasteiger partial charge in [-0.05, 0) is 25.2 Å².